The number of benzene rings is 2. The molecule has 1 aromatic heterocycles. The van der Waals surface area contributed by atoms with Crippen LogP contribution in [0.15, 0.2) is 56.9 Å². The van der Waals surface area contributed by atoms with Gasteiger partial charge in [-0.1, -0.05) is 17.7 Å². The Balaban J connectivity index is 1.74. The molecule has 0 bridgehead atoms. The molecule has 1 heterocycles. The second-order valence-electron chi connectivity index (χ2n) is 7.45. The van der Waals surface area contributed by atoms with Gasteiger partial charge in [0.15, 0.2) is 0 Å². The summed E-state index contributed by atoms with van der Waals surface area (Å²) in [5, 5.41) is 4.61. The fourth-order valence-corrected chi connectivity index (χ4v) is 4.80. The molecule has 1 amide bonds. The first-order valence-corrected chi connectivity index (χ1v) is 11.9. The molecule has 0 radical (unpaired) electrons. The molecule has 0 saturated heterocycles. The molecule has 0 saturated carbocycles. The number of aromatic nitrogens is 1. The van der Waals surface area contributed by atoms with Gasteiger partial charge in [-0.2, -0.15) is 5.10 Å². The van der Waals surface area contributed by atoms with Gasteiger partial charge in [-0.3, -0.25) is 4.79 Å². The van der Waals surface area contributed by atoms with Crippen LogP contribution < -0.4 is 5.43 Å². The Morgan fingerprint density at radius 2 is 1.77 bits per heavy atom. The second kappa shape index (κ2) is 10.1. The van der Waals surface area contributed by atoms with Gasteiger partial charge >= 0.3 is 0 Å². The van der Waals surface area contributed by atoms with Crippen molar-refractivity contribution in [1.29, 1.82) is 0 Å². The minimum absolute atomic E-state index is 0.157. The molecule has 0 fully saturated rings. The second-order valence-corrected chi connectivity index (χ2v) is 10.1. The van der Waals surface area contributed by atoms with Gasteiger partial charge in [-0.25, -0.2) is 5.43 Å². The molecule has 3 rings (SSSR count). The minimum Gasteiger partial charge on any atom is -0.317 e. The number of carbonyl (C=O) groups excluding carboxylic acids is 1. The lowest BCUT2D eigenvalue weighted by molar-refractivity contribution is -0.120. The molecule has 0 aliphatic heterocycles. The first kappa shape index (κ1) is 23.6. The Bertz CT molecular complexity index is 1140. The van der Waals surface area contributed by atoms with Crippen LogP contribution in [0, 0.1) is 27.7 Å². The van der Waals surface area contributed by atoms with Crippen LogP contribution in [0.25, 0.3) is 5.69 Å². The maximum Gasteiger partial charge on any atom is 0.253 e. The van der Waals surface area contributed by atoms with Crippen molar-refractivity contribution < 1.29 is 4.79 Å². The van der Waals surface area contributed by atoms with E-state index in [1.165, 1.54) is 22.9 Å². The number of nitrogens with one attached hydrogen (secondary N) is 1. The van der Waals surface area contributed by atoms with Crippen molar-refractivity contribution in [2.24, 2.45) is 5.10 Å². The van der Waals surface area contributed by atoms with Crippen molar-refractivity contribution in [2.75, 3.05) is 0 Å². The number of hydrogen-bond acceptors (Lipinski definition) is 3. The Hall–Kier alpha value is -2.02. The third-order valence-electron chi connectivity index (χ3n) is 5.23. The Morgan fingerprint density at radius 3 is 2.42 bits per heavy atom. The third kappa shape index (κ3) is 5.43. The minimum atomic E-state index is -0.287. The summed E-state index contributed by atoms with van der Waals surface area (Å²) in [5.41, 5.74) is 9.35. The van der Waals surface area contributed by atoms with E-state index < -0.39 is 0 Å². The fourth-order valence-electron chi connectivity index (χ4n) is 3.25. The van der Waals surface area contributed by atoms with Gasteiger partial charge in [0.05, 0.1) is 11.5 Å². The molecule has 162 valence electrons. The van der Waals surface area contributed by atoms with Crippen LogP contribution in [-0.4, -0.2) is 21.9 Å². The Labute approximate surface area is 201 Å². The maximum absolute atomic E-state index is 12.4. The highest BCUT2D eigenvalue weighted by Gasteiger charge is 2.17. The van der Waals surface area contributed by atoms with Crippen molar-refractivity contribution in [1.82, 2.24) is 9.99 Å². The van der Waals surface area contributed by atoms with Crippen molar-refractivity contribution in [3.8, 4) is 5.69 Å². The van der Waals surface area contributed by atoms with Crippen LogP contribution in [0.1, 0.15) is 35.0 Å². The lowest BCUT2D eigenvalue weighted by Gasteiger charge is -2.11. The van der Waals surface area contributed by atoms with E-state index in [1.807, 2.05) is 31.2 Å². The largest absolute Gasteiger partial charge is 0.317 e. The zero-order valence-corrected chi connectivity index (χ0v) is 21.3. The predicted octanol–water partition coefficient (Wildman–Crippen LogP) is 6.76. The highest BCUT2D eigenvalue weighted by molar-refractivity contribution is 9.10. The van der Waals surface area contributed by atoms with Crippen LogP contribution in [0.3, 0.4) is 0 Å². The average Bonchev–Trinajstić information content (AvgIpc) is 2.94. The van der Waals surface area contributed by atoms with Crippen LogP contribution in [0.2, 0.25) is 5.02 Å². The number of thioether (sulfide) groups is 1. The molecule has 7 heteroatoms. The van der Waals surface area contributed by atoms with E-state index in [0.29, 0.717) is 5.02 Å². The van der Waals surface area contributed by atoms with E-state index in [-0.39, 0.29) is 11.2 Å². The molecular formula is C24H25BrClN3OS. The summed E-state index contributed by atoms with van der Waals surface area (Å²) in [4.78, 5) is 13.4. The number of nitrogens with zero attached hydrogens (tertiary/aromatic N) is 2. The van der Waals surface area contributed by atoms with Gasteiger partial charge in [0.1, 0.15) is 0 Å². The van der Waals surface area contributed by atoms with Crippen LogP contribution in [-0.2, 0) is 4.79 Å². The van der Waals surface area contributed by atoms with Gasteiger partial charge in [0, 0.05) is 37.0 Å². The van der Waals surface area contributed by atoms with E-state index in [1.54, 1.807) is 6.21 Å². The van der Waals surface area contributed by atoms with Gasteiger partial charge in [0.2, 0.25) is 0 Å². The molecule has 0 aliphatic rings. The quantitative estimate of drug-likeness (QED) is 0.223. The van der Waals surface area contributed by atoms with E-state index in [9.17, 15) is 4.79 Å². The molecule has 0 aliphatic carbocycles. The van der Waals surface area contributed by atoms with Gasteiger partial charge in [-0.05, 0) is 98.1 Å². The highest BCUT2D eigenvalue weighted by atomic mass is 79.9. The van der Waals surface area contributed by atoms with Crippen LogP contribution in [0.4, 0.5) is 0 Å². The number of hydrogen-bond donors (Lipinski definition) is 1. The summed E-state index contributed by atoms with van der Waals surface area (Å²) in [6.45, 7) is 10.2. The number of amides is 1. The van der Waals surface area contributed by atoms with Crippen molar-refractivity contribution in [2.45, 2.75) is 44.8 Å². The normalized spacial score (nSPS) is 12.4. The zero-order chi connectivity index (χ0) is 22.7. The lowest BCUT2D eigenvalue weighted by atomic mass is 10.1. The Kier molecular flexibility index (Phi) is 7.68. The maximum atomic E-state index is 12.4. The number of aryl methyl sites for hydroxylation is 2. The first-order valence-electron chi connectivity index (χ1n) is 9.89. The summed E-state index contributed by atoms with van der Waals surface area (Å²) in [6.07, 6.45) is 1.70. The molecular weight excluding hydrogens is 494 g/mol. The van der Waals surface area contributed by atoms with Crippen molar-refractivity contribution >= 4 is 51.4 Å². The predicted molar refractivity (Wildman–Crippen MR) is 135 cm³/mol. The van der Waals surface area contributed by atoms with Crippen LogP contribution >= 0.6 is 39.3 Å². The summed E-state index contributed by atoms with van der Waals surface area (Å²) in [5.74, 6) is -0.157. The topological polar surface area (TPSA) is 46.4 Å². The van der Waals surface area contributed by atoms with Crippen molar-refractivity contribution in [3.63, 3.8) is 0 Å². The molecule has 2 aromatic carbocycles. The lowest BCUT2D eigenvalue weighted by Crippen LogP contribution is -2.26. The summed E-state index contributed by atoms with van der Waals surface area (Å²) < 4.78 is 3.16. The molecule has 3 aromatic rings. The van der Waals surface area contributed by atoms with E-state index in [2.05, 4.69) is 76.9 Å². The summed E-state index contributed by atoms with van der Waals surface area (Å²) >= 11 is 11.1. The summed E-state index contributed by atoms with van der Waals surface area (Å²) in [7, 11) is 0. The Morgan fingerprint density at radius 1 is 1.10 bits per heavy atom. The monoisotopic (exact) mass is 517 g/mol. The standard InChI is InChI=1S/C24H25BrClN3OS/c1-14-6-9-20(12-15(14)2)29-16(3)22(23(25)17(29)4)13-27-28-24(30)18(5)31-21-10-7-19(26)8-11-21/h6-13,18H,1-5H3,(H,28,30)/b27-13-/t18-/m1/s1. The third-order valence-corrected chi connectivity index (χ3v) is 7.59. The number of halogens is 2. The van der Waals surface area contributed by atoms with E-state index in [4.69, 9.17) is 11.6 Å². The highest BCUT2D eigenvalue weighted by Crippen LogP contribution is 2.30. The van der Waals surface area contributed by atoms with E-state index >= 15 is 0 Å². The molecule has 31 heavy (non-hydrogen) atoms. The molecule has 0 unspecified atom stereocenters. The SMILES string of the molecule is Cc1ccc(-n2c(C)c(Br)c(/C=N\NC(=O)[C@@H](C)Sc3ccc(Cl)cc3)c2C)cc1C. The molecule has 1 N–H and O–H groups in total. The van der Waals surface area contributed by atoms with Gasteiger partial charge in [0.25, 0.3) is 5.91 Å². The zero-order valence-electron chi connectivity index (χ0n) is 18.2. The van der Waals surface area contributed by atoms with Crippen molar-refractivity contribution in [3.05, 3.63) is 80.0 Å². The average molecular weight is 519 g/mol. The number of hydrazone groups is 1. The molecule has 1 atom stereocenters. The van der Waals surface area contributed by atoms with Gasteiger partial charge < -0.3 is 4.57 Å². The number of rotatable bonds is 6. The summed E-state index contributed by atoms with van der Waals surface area (Å²) in [6, 6.07) is 13.9. The van der Waals surface area contributed by atoms with Gasteiger partial charge in [-0.15, -0.1) is 11.8 Å². The molecule has 0 spiro atoms. The smallest absolute Gasteiger partial charge is 0.253 e. The van der Waals surface area contributed by atoms with E-state index in [0.717, 1.165) is 32.0 Å². The van der Waals surface area contributed by atoms with Crippen LogP contribution in [0.5, 0.6) is 0 Å². The fraction of sp³-hybridized carbons (Fsp3) is 0.250. The number of carbonyl (C=O) groups is 1. The molecule has 4 nitrogen and oxygen atoms in total. The first-order chi connectivity index (χ1) is 14.7.